The van der Waals surface area contributed by atoms with Crippen LogP contribution in [0.4, 0.5) is 0 Å². The lowest BCUT2D eigenvalue weighted by atomic mass is 10.1. The van der Waals surface area contributed by atoms with Crippen LogP contribution in [0.15, 0.2) is 23.2 Å². The summed E-state index contributed by atoms with van der Waals surface area (Å²) in [5.41, 5.74) is 1.19. The van der Waals surface area contributed by atoms with Gasteiger partial charge in [-0.1, -0.05) is 6.07 Å². The van der Waals surface area contributed by atoms with Gasteiger partial charge in [0.2, 0.25) is 10.0 Å². The minimum Gasteiger partial charge on any atom is -0.493 e. The first-order chi connectivity index (χ1) is 14.0. The van der Waals surface area contributed by atoms with Gasteiger partial charge in [0.1, 0.15) is 0 Å². The number of hydrogen-bond acceptors (Lipinski definition) is 5. The van der Waals surface area contributed by atoms with Crippen LogP contribution in [0.1, 0.15) is 39.2 Å². The van der Waals surface area contributed by atoms with Crippen molar-refractivity contribution in [3.8, 4) is 11.5 Å². The van der Waals surface area contributed by atoms with Crippen molar-refractivity contribution in [3.05, 3.63) is 23.8 Å². The molecule has 0 bridgehead atoms. The molecule has 8 nitrogen and oxygen atoms in total. The van der Waals surface area contributed by atoms with Crippen LogP contribution in [0.5, 0.6) is 11.5 Å². The normalized spacial score (nSPS) is 11.5. The van der Waals surface area contributed by atoms with Gasteiger partial charge in [-0.2, -0.15) is 0 Å². The lowest BCUT2D eigenvalue weighted by Gasteiger charge is -2.12. The van der Waals surface area contributed by atoms with Crippen molar-refractivity contribution in [2.45, 2.75) is 40.0 Å². The molecule has 0 heterocycles. The molecule has 0 aliphatic heterocycles. The topological polar surface area (TPSA) is 101 Å². The highest BCUT2D eigenvalue weighted by Crippen LogP contribution is 2.28. The van der Waals surface area contributed by atoms with Crippen molar-refractivity contribution in [1.82, 2.24) is 15.4 Å². The van der Waals surface area contributed by atoms with E-state index in [1.54, 1.807) is 14.0 Å². The fraction of sp³-hybridized carbons (Fsp3) is 0.650. The zero-order valence-corrected chi connectivity index (χ0v) is 21.6. The molecule has 0 saturated heterocycles. The summed E-state index contributed by atoms with van der Waals surface area (Å²) < 4.78 is 36.3. The average molecular weight is 557 g/mol. The van der Waals surface area contributed by atoms with Gasteiger partial charge in [-0.15, -0.1) is 24.0 Å². The highest BCUT2D eigenvalue weighted by Gasteiger charge is 2.06. The molecule has 0 atom stereocenters. The molecule has 1 rings (SSSR count). The summed E-state index contributed by atoms with van der Waals surface area (Å²) in [6.45, 7) is 8.71. The van der Waals surface area contributed by atoms with Gasteiger partial charge in [0.05, 0.1) is 19.5 Å². The molecular formula is C20H37IN4O4S. The van der Waals surface area contributed by atoms with Gasteiger partial charge in [-0.25, -0.2) is 13.1 Å². The predicted octanol–water partition coefficient (Wildman–Crippen LogP) is 2.53. The first kappa shape index (κ1) is 28.7. The Bertz CT molecular complexity index is 730. The number of nitrogens with one attached hydrogen (secondary N) is 3. The maximum absolute atomic E-state index is 11.4. The zero-order valence-electron chi connectivity index (χ0n) is 18.5. The second-order valence-electron chi connectivity index (χ2n) is 6.36. The van der Waals surface area contributed by atoms with Crippen molar-refractivity contribution in [3.63, 3.8) is 0 Å². The smallest absolute Gasteiger partial charge is 0.211 e. The second-order valence-corrected chi connectivity index (χ2v) is 8.46. The van der Waals surface area contributed by atoms with E-state index in [0.29, 0.717) is 32.7 Å². The molecule has 3 N–H and O–H groups in total. The molecule has 0 unspecified atom stereocenters. The first-order valence-corrected chi connectivity index (χ1v) is 11.9. The Kier molecular flexibility index (Phi) is 15.7. The molecule has 0 amide bonds. The molecule has 0 aromatic heterocycles. The number of rotatable bonds is 14. The largest absolute Gasteiger partial charge is 0.493 e. The molecule has 0 radical (unpaired) electrons. The number of ether oxygens (including phenoxy) is 2. The third-order valence-electron chi connectivity index (χ3n) is 4.11. The SMILES string of the molecule is CCNC(=NCCCc1ccc(OC)c(OCC)c1)NCCCNS(=O)(=O)CC.I. The van der Waals surface area contributed by atoms with Crippen LogP contribution in [0, 0.1) is 0 Å². The number of sulfonamides is 1. The number of methoxy groups -OCH3 is 1. The van der Waals surface area contributed by atoms with Crippen molar-refractivity contribution in [2.24, 2.45) is 4.99 Å². The lowest BCUT2D eigenvalue weighted by molar-refractivity contribution is 0.310. The summed E-state index contributed by atoms with van der Waals surface area (Å²) in [6, 6.07) is 6.00. The molecule has 0 aliphatic rings. The Hall–Kier alpha value is -1.27. The summed E-state index contributed by atoms with van der Waals surface area (Å²) >= 11 is 0. The summed E-state index contributed by atoms with van der Waals surface area (Å²) in [5.74, 6) is 2.36. The quantitative estimate of drug-likeness (QED) is 0.141. The number of hydrogen-bond donors (Lipinski definition) is 3. The van der Waals surface area contributed by atoms with Gasteiger partial charge in [0.15, 0.2) is 17.5 Å². The highest BCUT2D eigenvalue weighted by molar-refractivity contribution is 14.0. The molecular weight excluding hydrogens is 519 g/mol. The van der Waals surface area contributed by atoms with E-state index in [4.69, 9.17) is 9.47 Å². The van der Waals surface area contributed by atoms with Crippen molar-refractivity contribution in [2.75, 3.05) is 45.6 Å². The van der Waals surface area contributed by atoms with E-state index in [2.05, 4.69) is 20.3 Å². The monoisotopic (exact) mass is 556 g/mol. The minimum atomic E-state index is -3.13. The molecule has 174 valence electrons. The average Bonchev–Trinajstić information content (AvgIpc) is 2.71. The minimum absolute atomic E-state index is 0. The molecule has 30 heavy (non-hydrogen) atoms. The number of aliphatic imine (C=N–C) groups is 1. The molecule has 1 aromatic rings. The van der Waals surface area contributed by atoms with Crippen LogP contribution in [-0.2, 0) is 16.4 Å². The van der Waals surface area contributed by atoms with Gasteiger partial charge in [0.25, 0.3) is 0 Å². The Morgan fingerprint density at radius 2 is 1.83 bits per heavy atom. The number of aryl methyl sites for hydroxylation is 1. The standard InChI is InChI=1S/C20H36N4O4S.HI/c1-5-21-20(23-14-9-15-24-29(25,26)7-3)22-13-8-10-17-11-12-18(27-4)19(16-17)28-6-2;/h11-12,16,24H,5-10,13-15H2,1-4H3,(H2,21,22,23);1H. The van der Waals surface area contributed by atoms with E-state index in [9.17, 15) is 8.42 Å². The van der Waals surface area contributed by atoms with Crippen molar-refractivity contribution in [1.29, 1.82) is 0 Å². The number of guanidine groups is 1. The van der Waals surface area contributed by atoms with E-state index in [-0.39, 0.29) is 29.7 Å². The van der Waals surface area contributed by atoms with Crippen molar-refractivity contribution >= 4 is 40.0 Å². The Balaban J connectivity index is 0.00000841. The molecule has 0 spiro atoms. The summed E-state index contributed by atoms with van der Waals surface area (Å²) in [5, 5.41) is 6.44. The summed E-state index contributed by atoms with van der Waals surface area (Å²) in [7, 11) is -1.49. The Morgan fingerprint density at radius 1 is 1.07 bits per heavy atom. The van der Waals surface area contributed by atoms with Crippen LogP contribution in [0.2, 0.25) is 0 Å². The third-order valence-corrected chi connectivity index (χ3v) is 5.52. The van der Waals surface area contributed by atoms with E-state index >= 15 is 0 Å². The van der Waals surface area contributed by atoms with Crippen LogP contribution in [0.25, 0.3) is 0 Å². The predicted molar refractivity (Wildman–Crippen MR) is 134 cm³/mol. The Morgan fingerprint density at radius 3 is 2.47 bits per heavy atom. The van der Waals surface area contributed by atoms with Crippen LogP contribution in [-0.4, -0.2) is 60.0 Å². The molecule has 10 heteroatoms. The van der Waals surface area contributed by atoms with E-state index in [1.165, 1.54) is 5.56 Å². The van der Waals surface area contributed by atoms with Crippen molar-refractivity contribution < 1.29 is 17.9 Å². The van der Waals surface area contributed by atoms with Crippen LogP contribution < -0.4 is 24.8 Å². The van der Waals surface area contributed by atoms with Gasteiger partial charge in [-0.05, 0) is 57.7 Å². The molecule has 0 saturated carbocycles. The van der Waals surface area contributed by atoms with Gasteiger partial charge in [-0.3, -0.25) is 4.99 Å². The molecule has 0 aliphatic carbocycles. The molecule has 0 fully saturated rings. The first-order valence-electron chi connectivity index (χ1n) is 10.2. The summed E-state index contributed by atoms with van der Waals surface area (Å²) in [6.07, 6.45) is 2.49. The van der Waals surface area contributed by atoms with Gasteiger partial charge in [0, 0.05) is 26.2 Å². The van der Waals surface area contributed by atoms with E-state index < -0.39 is 10.0 Å². The maximum atomic E-state index is 11.4. The number of nitrogens with zero attached hydrogens (tertiary/aromatic N) is 1. The molecule has 1 aromatic carbocycles. The second kappa shape index (κ2) is 16.4. The maximum Gasteiger partial charge on any atom is 0.211 e. The van der Waals surface area contributed by atoms with Crippen LogP contribution >= 0.6 is 24.0 Å². The number of halogens is 1. The zero-order chi connectivity index (χ0) is 21.5. The number of benzene rings is 1. The summed E-state index contributed by atoms with van der Waals surface area (Å²) in [4.78, 5) is 4.58. The lowest BCUT2D eigenvalue weighted by Crippen LogP contribution is -2.39. The fourth-order valence-corrected chi connectivity index (χ4v) is 3.25. The fourth-order valence-electron chi connectivity index (χ4n) is 2.59. The van der Waals surface area contributed by atoms with Crippen LogP contribution in [0.3, 0.4) is 0 Å². The third kappa shape index (κ3) is 11.8. The van der Waals surface area contributed by atoms with E-state index in [0.717, 1.165) is 36.8 Å². The van der Waals surface area contributed by atoms with Gasteiger partial charge >= 0.3 is 0 Å². The highest BCUT2D eigenvalue weighted by atomic mass is 127. The van der Waals surface area contributed by atoms with Gasteiger partial charge < -0.3 is 20.1 Å². The van der Waals surface area contributed by atoms with E-state index in [1.807, 2.05) is 32.0 Å². The Labute approximate surface area is 198 Å².